The number of carbonyl (C=O) groups is 2. The van der Waals surface area contributed by atoms with E-state index in [-0.39, 0.29) is 11.6 Å². The Labute approximate surface area is 70.4 Å². The monoisotopic (exact) mass is 170 g/mol. The van der Waals surface area contributed by atoms with Crippen LogP contribution in [-0.2, 0) is 9.59 Å². The van der Waals surface area contributed by atoms with Gasteiger partial charge in [0.1, 0.15) is 0 Å². The zero-order valence-corrected chi connectivity index (χ0v) is 7.35. The van der Waals surface area contributed by atoms with Gasteiger partial charge in [0, 0.05) is 0 Å². The number of thioether (sulfide) groups is 1. The molecule has 0 aromatic rings. The molecule has 0 aliphatic heterocycles. The van der Waals surface area contributed by atoms with Gasteiger partial charge < -0.3 is 0 Å². The summed E-state index contributed by atoms with van der Waals surface area (Å²) in [6.07, 6.45) is 2.91. The van der Waals surface area contributed by atoms with Crippen molar-refractivity contribution in [3.63, 3.8) is 0 Å². The van der Waals surface area contributed by atoms with Gasteiger partial charge in [0.25, 0.3) is 0 Å². The Hall–Kier alpha value is -0.830. The smallest absolute Gasteiger partial charge is 0.153 e. The molecule has 11 heavy (non-hydrogen) atoms. The fourth-order valence-corrected chi connectivity index (χ4v) is 0.947. The average molecular weight is 170 g/mol. The highest BCUT2D eigenvalue weighted by atomic mass is 32.2. The summed E-state index contributed by atoms with van der Waals surface area (Å²) in [5.74, 6) is 0.0162. The molecule has 0 bridgehead atoms. The maximum absolute atomic E-state index is 10.3. The fraction of sp³-hybridized carbons (Fsp3) is 0.250. The van der Waals surface area contributed by atoms with Crippen LogP contribution in [0.5, 0.6) is 0 Å². The Morgan fingerprint density at radius 1 is 1.00 bits per heavy atom. The second-order valence-electron chi connectivity index (χ2n) is 1.96. The van der Waals surface area contributed by atoms with Crippen LogP contribution >= 0.6 is 11.8 Å². The van der Waals surface area contributed by atoms with Crippen molar-refractivity contribution in [2.45, 2.75) is 13.8 Å². The molecule has 3 heteroatoms. The summed E-state index contributed by atoms with van der Waals surface area (Å²) < 4.78 is 0. The molecule has 0 aliphatic rings. The zero-order chi connectivity index (χ0) is 8.69. The van der Waals surface area contributed by atoms with Gasteiger partial charge in [-0.2, -0.15) is 0 Å². The van der Waals surface area contributed by atoms with Crippen LogP contribution in [0.15, 0.2) is 23.0 Å². The highest BCUT2D eigenvalue weighted by Crippen LogP contribution is 2.03. The summed E-state index contributed by atoms with van der Waals surface area (Å²) in [5, 5.41) is 3.28. The van der Waals surface area contributed by atoms with E-state index in [1.807, 2.05) is 0 Å². The number of hydrogen-bond acceptors (Lipinski definition) is 3. The largest absolute Gasteiger partial charge is 0.295 e. The van der Waals surface area contributed by atoms with E-state index in [1.54, 1.807) is 10.8 Å². The van der Waals surface area contributed by atoms with Crippen LogP contribution in [0, 0.1) is 0 Å². The lowest BCUT2D eigenvalue weighted by Crippen LogP contribution is -1.78. The van der Waals surface area contributed by atoms with E-state index < -0.39 is 0 Å². The van der Waals surface area contributed by atoms with E-state index in [0.717, 1.165) is 0 Å². The first-order chi connectivity index (χ1) is 5.13. The first-order valence-electron chi connectivity index (χ1n) is 3.12. The quantitative estimate of drug-likeness (QED) is 0.604. The molecule has 0 saturated carbocycles. The molecule has 60 valence electrons. The van der Waals surface area contributed by atoms with Crippen molar-refractivity contribution in [2.75, 3.05) is 0 Å². The Morgan fingerprint density at radius 2 is 1.36 bits per heavy atom. The van der Waals surface area contributed by atoms with Crippen LogP contribution < -0.4 is 0 Å². The average Bonchev–Trinajstić information content (AvgIpc) is 1.85. The van der Waals surface area contributed by atoms with Crippen LogP contribution in [0.4, 0.5) is 0 Å². The van der Waals surface area contributed by atoms with Crippen molar-refractivity contribution in [1.29, 1.82) is 0 Å². The molecule has 0 saturated heterocycles. The van der Waals surface area contributed by atoms with Gasteiger partial charge in [0.2, 0.25) is 0 Å². The van der Waals surface area contributed by atoms with Crippen LogP contribution in [0.25, 0.3) is 0 Å². The van der Waals surface area contributed by atoms with E-state index in [1.165, 1.54) is 37.8 Å². The molecule has 0 atom stereocenters. The molecule has 0 aliphatic carbocycles. The molecule has 0 heterocycles. The molecule has 0 spiro atoms. The number of carbonyl (C=O) groups excluding carboxylic acids is 2. The minimum absolute atomic E-state index is 0.00808. The number of rotatable bonds is 4. The summed E-state index contributed by atoms with van der Waals surface area (Å²) in [5.41, 5.74) is 0. The maximum Gasteiger partial charge on any atom is 0.153 e. The third kappa shape index (κ3) is 9.17. The molecule has 0 fully saturated rings. The third-order valence-corrected chi connectivity index (χ3v) is 1.35. The van der Waals surface area contributed by atoms with Gasteiger partial charge in [0.15, 0.2) is 11.6 Å². The van der Waals surface area contributed by atoms with Crippen LogP contribution in [-0.4, -0.2) is 11.6 Å². The number of allylic oxidation sites excluding steroid dienone is 2. The van der Waals surface area contributed by atoms with Crippen molar-refractivity contribution >= 4 is 23.3 Å². The SMILES string of the molecule is CC(=O)C=CSC=CC(C)=O. The van der Waals surface area contributed by atoms with Gasteiger partial charge in [0.05, 0.1) is 0 Å². The van der Waals surface area contributed by atoms with Gasteiger partial charge in [-0.15, -0.1) is 11.8 Å². The third-order valence-electron chi connectivity index (χ3n) is 0.763. The summed E-state index contributed by atoms with van der Waals surface area (Å²) >= 11 is 1.31. The first-order valence-corrected chi connectivity index (χ1v) is 4.07. The molecule has 0 radical (unpaired) electrons. The Kier molecular flexibility index (Phi) is 5.47. The van der Waals surface area contributed by atoms with Gasteiger partial charge in [-0.3, -0.25) is 9.59 Å². The minimum Gasteiger partial charge on any atom is -0.295 e. The Bertz CT molecular complexity index is 182. The summed E-state index contributed by atoms with van der Waals surface area (Å²) in [6, 6.07) is 0. The predicted molar refractivity (Wildman–Crippen MR) is 47.2 cm³/mol. The topological polar surface area (TPSA) is 34.1 Å². The molecule has 0 rings (SSSR count). The molecular formula is C8H10O2S. The molecule has 0 unspecified atom stereocenters. The Morgan fingerprint density at radius 3 is 1.64 bits per heavy atom. The van der Waals surface area contributed by atoms with Crippen LogP contribution in [0.3, 0.4) is 0 Å². The van der Waals surface area contributed by atoms with Crippen LogP contribution in [0.2, 0.25) is 0 Å². The van der Waals surface area contributed by atoms with Crippen LogP contribution in [0.1, 0.15) is 13.8 Å². The van der Waals surface area contributed by atoms with Gasteiger partial charge in [-0.1, -0.05) is 0 Å². The molecular weight excluding hydrogens is 160 g/mol. The van der Waals surface area contributed by atoms with Crippen molar-refractivity contribution in [1.82, 2.24) is 0 Å². The molecule has 0 aromatic carbocycles. The lowest BCUT2D eigenvalue weighted by Gasteiger charge is -1.80. The van der Waals surface area contributed by atoms with E-state index in [9.17, 15) is 9.59 Å². The van der Waals surface area contributed by atoms with Crippen molar-refractivity contribution in [3.8, 4) is 0 Å². The van der Waals surface area contributed by atoms with Crippen molar-refractivity contribution in [2.24, 2.45) is 0 Å². The molecule has 2 nitrogen and oxygen atoms in total. The van der Waals surface area contributed by atoms with Crippen molar-refractivity contribution in [3.05, 3.63) is 23.0 Å². The first kappa shape index (κ1) is 10.2. The minimum atomic E-state index is 0.00808. The zero-order valence-electron chi connectivity index (χ0n) is 6.53. The summed E-state index contributed by atoms with van der Waals surface area (Å²) in [6.45, 7) is 2.96. The standard InChI is InChI=1S/C8H10O2S/c1-7(9)3-5-11-6-4-8(2)10/h3-6H,1-2H3. The lowest BCUT2D eigenvalue weighted by atomic mass is 10.5. The highest BCUT2D eigenvalue weighted by Gasteiger charge is 1.81. The van der Waals surface area contributed by atoms with Crippen molar-refractivity contribution < 1.29 is 9.59 Å². The number of ketones is 2. The number of hydrogen-bond donors (Lipinski definition) is 0. The maximum atomic E-state index is 10.3. The second kappa shape index (κ2) is 5.92. The predicted octanol–water partition coefficient (Wildman–Crippen LogP) is 1.93. The lowest BCUT2D eigenvalue weighted by molar-refractivity contribution is -0.113. The normalized spacial score (nSPS) is 11.1. The summed E-state index contributed by atoms with van der Waals surface area (Å²) in [4.78, 5) is 20.7. The van der Waals surface area contributed by atoms with E-state index in [4.69, 9.17) is 0 Å². The van der Waals surface area contributed by atoms with Gasteiger partial charge in [-0.25, -0.2) is 0 Å². The van der Waals surface area contributed by atoms with E-state index >= 15 is 0 Å². The second-order valence-corrected chi connectivity index (χ2v) is 2.78. The van der Waals surface area contributed by atoms with Gasteiger partial charge >= 0.3 is 0 Å². The van der Waals surface area contributed by atoms with E-state index in [0.29, 0.717) is 0 Å². The highest BCUT2D eigenvalue weighted by molar-refractivity contribution is 8.04. The Balaban J connectivity index is 3.57. The molecule has 0 amide bonds. The fourth-order valence-electron chi connectivity index (χ4n) is 0.316. The summed E-state index contributed by atoms with van der Waals surface area (Å²) in [7, 11) is 0. The van der Waals surface area contributed by atoms with E-state index in [2.05, 4.69) is 0 Å². The molecule has 0 N–H and O–H groups in total. The molecule has 0 aromatic heterocycles. The van der Waals surface area contributed by atoms with Gasteiger partial charge in [-0.05, 0) is 36.8 Å².